The van der Waals surface area contributed by atoms with Gasteiger partial charge in [-0.1, -0.05) is 0 Å². The summed E-state index contributed by atoms with van der Waals surface area (Å²) in [6, 6.07) is 0. The summed E-state index contributed by atoms with van der Waals surface area (Å²) in [6.07, 6.45) is 0.729. The van der Waals surface area contributed by atoms with E-state index in [0.29, 0.717) is 17.9 Å². The highest BCUT2D eigenvalue weighted by atomic mass is 32.2. The van der Waals surface area contributed by atoms with Gasteiger partial charge in [-0.25, -0.2) is 0 Å². The van der Waals surface area contributed by atoms with Gasteiger partial charge in [-0.2, -0.15) is 11.8 Å². The number of carbonyl (C=O) groups excluding carboxylic acids is 2. The predicted molar refractivity (Wildman–Crippen MR) is 80.5 cm³/mol. The van der Waals surface area contributed by atoms with Gasteiger partial charge in [-0.3, -0.25) is 19.2 Å². The smallest absolute Gasteiger partial charge is 0.313 e. The predicted octanol–water partition coefficient (Wildman–Crippen LogP) is 1.57. The van der Waals surface area contributed by atoms with Gasteiger partial charge in [0, 0.05) is 17.9 Å². The van der Waals surface area contributed by atoms with Crippen molar-refractivity contribution >= 4 is 47.0 Å². The first-order valence-corrected chi connectivity index (χ1v) is 8.14. The summed E-state index contributed by atoms with van der Waals surface area (Å²) in [6.45, 7) is 2.98. The average molecular weight is 324 g/mol. The Labute approximate surface area is 126 Å². The number of hydrogen-bond acceptors (Lipinski definition) is 6. The standard InChI is InChI=1S/C7H12O3S.C5H8O3S/c1-6(8)2-4-11-5-3-7(9)10;1-4(6)2-9-3-5(7)8/h2-5H2,1H3,(H,9,10);2-3H2,1H3,(H,7,8). The number of Topliss-reactive ketones (excluding diaryl/α,β-unsaturated/α-hetero) is 2. The van der Waals surface area contributed by atoms with E-state index in [4.69, 9.17) is 10.2 Å². The second-order valence-corrected chi connectivity index (χ2v) is 6.01. The zero-order valence-electron chi connectivity index (χ0n) is 11.6. The molecular weight excluding hydrogens is 304 g/mol. The zero-order valence-corrected chi connectivity index (χ0v) is 13.2. The van der Waals surface area contributed by atoms with Crippen molar-refractivity contribution in [3.8, 4) is 0 Å². The van der Waals surface area contributed by atoms with Gasteiger partial charge >= 0.3 is 11.9 Å². The van der Waals surface area contributed by atoms with Gasteiger partial charge in [-0.15, -0.1) is 11.8 Å². The third-order valence-corrected chi connectivity index (χ3v) is 3.64. The molecule has 0 spiro atoms. The first-order chi connectivity index (χ1) is 9.25. The van der Waals surface area contributed by atoms with E-state index < -0.39 is 11.9 Å². The van der Waals surface area contributed by atoms with Crippen molar-refractivity contribution in [1.29, 1.82) is 0 Å². The fourth-order valence-electron chi connectivity index (χ4n) is 0.760. The van der Waals surface area contributed by atoms with E-state index in [-0.39, 0.29) is 23.7 Å². The minimum Gasteiger partial charge on any atom is -0.481 e. The maximum absolute atomic E-state index is 10.4. The van der Waals surface area contributed by atoms with Gasteiger partial charge in [0.25, 0.3) is 0 Å². The molecule has 0 aliphatic carbocycles. The number of carboxylic acids is 2. The molecule has 0 saturated carbocycles. The van der Waals surface area contributed by atoms with E-state index in [1.165, 1.54) is 25.6 Å². The molecule has 0 radical (unpaired) electrons. The molecule has 0 heterocycles. The molecule has 0 aliphatic heterocycles. The van der Waals surface area contributed by atoms with Crippen LogP contribution in [0.15, 0.2) is 0 Å². The van der Waals surface area contributed by atoms with Crippen molar-refractivity contribution in [2.45, 2.75) is 26.7 Å². The molecule has 2 N–H and O–H groups in total. The molecule has 0 aromatic carbocycles. The van der Waals surface area contributed by atoms with Crippen LogP contribution in [-0.2, 0) is 19.2 Å². The van der Waals surface area contributed by atoms with E-state index in [2.05, 4.69) is 0 Å². The summed E-state index contributed by atoms with van der Waals surface area (Å²) in [5.74, 6) is 0.174. The molecule has 8 heteroatoms. The molecule has 0 aromatic rings. The average Bonchev–Trinajstić information content (AvgIpc) is 2.27. The molecule has 20 heavy (non-hydrogen) atoms. The lowest BCUT2D eigenvalue weighted by molar-refractivity contribution is -0.136. The Morgan fingerprint density at radius 3 is 1.70 bits per heavy atom. The van der Waals surface area contributed by atoms with E-state index in [0.717, 1.165) is 17.5 Å². The molecule has 116 valence electrons. The number of ketones is 2. The number of carbonyl (C=O) groups is 4. The molecule has 0 rings (SSSR count). The number of thioether (sulfide) groups is 2. The largest absolute Gasteiger partial charge is 0.481 e. The third-order valence-electron chi connectivity index (χ3n) is 1.59. The van der Waals surface area contributed by atoms with Crippen molar-refractivity contribution in [2.24, 2.45) is 0 Å². The van der Waals surface area contributed by atoms with Crippen LogP contribution in [0.2, 0.25) is 0 Å². The highest BCUT2D eigenvalue weighted by Crippen LogP contribution is 2.04. The molecule has 0 saturated heterocycles. The van der Waals surface area contributed by atoms with Gasteiger partial charge in [0.05, 0.1) is 17.9 Å². The van der Waals surface area contributed by atoms with Crippen LogP contribution in [0.25, 0.3) is 0 Å². The van der Waals surface area contributed by atoms with Crippen molar-refractivity contribution in [3.05, 3.63) is 0 Å². The second kappa shape index (κ2) is 14.4. The Balaban J connectivity index is 0. The Hall–Kier alpha value is -1.02. The molecular formula is C12H20O6S2. The summed E-state index contributed by atoms with van der Waals surface area (Å²) < 4.78 is 0. The molecule has 0 amide bonds. The lowest BCUT2D eigenvalue weighted by atomic mass is 10.4. The fraction of sp³-hybridized carbons (Fsp3) is 0.667. The number of carboxylic acid groups (broad SMARTS) is 2. The lowest BCUT2D eigenvalue weighted by Crippen LogP contribution is -2.02. The topological polar surface area (TPSA) is 109 Å². The fourth-order valence-corrected chi connectivity index (χ4v) is 2.28. The molecule has 0 atom stereocenters. The van der Waals surface area contributed by atoms with Gasteiger partial charge < -0.3 is 10.2 Å². The van der Waals surface area contributed by atoms with Gasteiger partial charge in [0.2, 0.25) is 0 Å². The van der Waals surface area contributed by atoms with Crippen LogP contribution in [0.1, 0.15) is 26.7 Å². The number of aliphatic carboxylic acids is 2. The number of rotatable bonds is 10. The van der Waals surface area contributed by atoms with Crippen molar-refractivity contribution in [3.63, 3.8) is 0 Å². The summed E-state index contributed by atoms with van der Waals surface area (Å²) in [5.41, 5.74) is 0. The monoisotopic (exact) mass is 324 g/mol. The van der Waals surface area contributed by atoms with Crippen molar-refractivity contribution < 1.29 is 29.4 Å². The Morgan fingerprint density at radius 1 is 0.750 bits per heavy atom. The van der Waals surface area contributed by atoms with E-state index in [1.54, 1.807) is 0 Å². The van der Waals surface area contributed by atoms with E-state index in [1.807, 2.05) is 0 Å². The van der Waals surface area contributed by atoms with Crippen molar-refractivity contribution in [2.75, 3.05) is 23.0 Å². The zero-order chi connectivity index (χ0) is 16.0. The van der Waals surface area contributed by atoms with Crippen LogP contribution >= 0.6 is 23.5 Å². The van der Waals surface area contributed by atoms with Gasteiger partial charge in [0.15, 0.2) is 0 Å². The summed E-state index contributed by atoms with van der Waals surface area (Å²) in [7, 11) is 0. The molecule has 0 fully saturated rings. The first-order valence-electron chi connectivity index (χ1n) is 5.83. The Kier molecular flexibility index (Phi) is 15.3. The van der Waals surface area contributed by atoms with Crippen LogP contribution in [0.5, 0.6) is 0 Å². The van der Waals surface area contributed by atoms with E-state index >= 15 is 0 Å². The van der Waals surface area contributed by atoms with Crippen LogP contribution in [0, 0.1) is 0 Å². The van der Waals surface area contributed by atoms with Crippen LogP contribution in [-0.4, -0.2) is 56.7 Å². The maximum Gasteiger partial charge on any atom is 0.313 e. The molecule has 6 nitrogen and oxygen atoms in total. The van der Waals surface area contributed by atoms with Crippen LogP contribution < -0.4 is 0 Å². The third kappa shape index (κ3) is 25.7. The quantitative estimate of drug-likeness (QED) is 0.583. The van der Waals surface area contributed by atoms with Crippen LogP contribution in [0.4, 0.5) is 0 Å². The number of hydrogen-bond donors (Lipinski definition) is 2. The van der Waals surface area contributed by atoms with Gasteiger partial charge in [-0.05, 0) is 13.8 Å². The Morgan fingerprint density at radius 2 is 1.30 bits per heavy atom. The normalized spacial score (nSPS) is 9.30. The van der Waals surface area contributed by atoms with Gasteiger partial charge in [0.1, 0.15) is 11.6 Å². The Bertz CT molecular complexity index is 300. The summed E-state index contributed by atoms with van der Waals surface area (Å²) in [4.78, 5) is 40.5. The second-order valence-electron chi connectivity index (χ2n) is 3.80. The molecule has 0 unspecified atom stereocenters. The minimum atomic E-state index is -0.874. The lowest BCUT2D eigenvalue weighted by Gasteiger charge is -1.95. The van der Waals surface area contributed by atoms with E-state index in [9.17, 15) is 19.2 Å². The molecule has 0 aliphatic rings. The molecule has 0 bridgehead atoms. The maximum atomic E-state index is 10.4. The van der Waals surface area contributed by atoms with Crippen molar-refractivity contribution in [1.82, 2.24) is 0 Å². The highest BCUT2D eigenvalue weighted by molar-refractivity contribution is 8.00. The summed E-state index contributed by atoms with van der Waals surface area (Å²) in [5, 5.41) is 16.3. The molecule has 0 aromatic heterocycles. The SMILES string of the molecule is CC(=O)CCSCCC(=O)O.CC(=O)CSCC(=O)O. The highest BCUT2D eigenvalue weighted by Gasteiger charge is 1.98. The summed E-state index contributed by atoms with van der Waals surface area (Å²) >= 11 is 2.63. The minimum absolute atomic E-state index is 0.0135. The van der Waals surface area contributed by atoms with Crippen LogP contribution in [0.3, 0.4) is 0 Å². The first kappa shape index (κ1) is 21.3.